The van der Waals surface area contributed by atoms with E-state index in [4.69, 9.17) is 21.1 Å². The third kappa shape index (κ3) is 3.54. The molecule has 23 heavy (non-hydrogen) atoms. The molecule has 1 N–H and O–H groups in total. The fraction of sp³-hybridized carbons (Fsp3) is 0.562. The van der Waals surface area contributed by atoms with Crippen LogP contribution in [0.3, 0.4) is 0 Å². The molecule has 1 aromatic carbocycles. The van der Waals surface area contributed by atoms with Gasteiger partial charge in [-0.15, -0.1) is 0 Å². The van der Waals surface area contributed by atoms with Crippen molar-refractivity contribution in [2.24, 2.45) is 0 Å². The number of piperidine rings is 1. The number of benzene rings is 1. The molecule has 2 aliphatic heterocycles. The Morgan fingerprint density at radius 3 is 2.48 bits per heavy atom. The lowest BCUT2D eigenvalue weighted by molar-refractivity contribution is -0.181. The molecule has 0 aliphatic carbocycles. The first-order valence-corrected chi connectivity index (χ1v) is 8.18. The number of halogens is 1. The summed E-state index contributed by atoms with van der Waals surface area (Å²) >= 11 is 6.24. The van der Waals surface area contributed by atoms with E-state index in [9.17, 15) is 4.79 Å². The van der Waals surface area contributed by atoms with Crippen LogP contribution in [0.1, 0.15) is 12.8 Å². The van der Waals surface area contributed by atoms with E-state index in [0.29, 0.717) is 49.9 Å². The molecule has 2 heterocycles. The highest BCUT2D eigenvalue weighted by Gasteiger charge is 2.40. The van der Waals surface area contributed by atoms with Crippen molar-refractivity contribution >= 4 is 29.0 Å². The van der Waals surface area contributed by atoms with Crippen molar-refractivity contribution in [3.8, 4) is 0 Å². The molecule has 1 spiro atoms. The number of amides is 2. The normalized spacial score (nSPS) is 19.9. The number of hydrogen-bond acceptors (Lipinski definition) is 4. The molecule has 2 amide bonds. The molecule has 0 aromatic heterocycles. The minimum absolute atomic E-state index is 0.119. The summed E-state index contributed by atoms with van der Waals surface area (Å²) in [5.41, 5.74) is 1.61. The Kier molecular flexibility index (Phi) is 4.66. The van der Waals surface area contributed by atoms with Crippen molar-refractivity contribution in [2.75, 3.05) is 50.6 Å². The minimum Gasteiger partial charge on any atom is -0.376 e. The number of hydrogen-bond donors (Lipinski definition) is 1. The fourth-order valence-corrected chi connectivity index (χ4v) is 3.34. The summed E-state index contributed by atoms with van der Waals surface area (Å²) < 4.78 is 11.4. The molecular weight excluding hydrogens is 318 g/mol. The molecule has 2 fully saturated rings. The Hall–Kier alpha value is -1.50. The number of urea groups is 1. The van der Waals surface area contributed by atoms with Crippen LogP contribution in [0.2, 0.25) is 5.02 Å². The summed E-state index contributed by atoms with van der Waals surface area (Å²) in [5.74, 6) is -0.465. The summed E-state index contributed by atoms with van der Waals surface area (Å²) in [6, 6.07) is 5.40. The van der Waals surface area contributed by atoms with Crippen molar-refractivity contribution in [3.05, 3.63) is 23.2 Å². The molecule has 2 aliphatic rings. The van der Waals surface area contributed by atoms with Gasteiger partial charge in [-0.1, -0.05) is 11.6 Å². The minimum atomic E-state index is -0.465. The monoisotopic (exact) mass is 339 g/mol. The summed E-state index contributed by atoms with van der Waals surface area (Å²) in [7, 11) is 3.85. The number of carbonyl (C=O) groups excluding carboxylic acids is 1. The summed E-state index contributed by atoms with van der Waals surface area (Å²) in [4.78, 5) is 16.1. The maximum Gasteiger partial charge on any atom is 0.321 e. The highest BCUT2D eigenvalue weighted by Crippen LogP contribution is 2.32. The van der Waals surface area contributed by atoms with Gasteiger partial charge >= 0.3 is 6.03 Å². The second kappa shape index (κ2) is 6.55. The molecule has 0 unspecified atom stereocenters. The molecule has 2 saturated heterocycles. The Balaban J connectivity index is 1.58. The second-order valence-corrected chi connectivity index (χ2v) is 6.49. The van der Waals surface area contributed by atoms with Gasteiger partial charge in [0.25, 0.3) is 0 Å². The van der Waals surface area contributed by atoms with Gasteiger partial charge in [-0.25, -0.2) is 4.79 Å². The van der Waals surface area contributed by atoms with Crippen LogP contribution in [-0.4, -0.2) is 57.1 Å². The maximum absolute atomic E-state index is 12.4. The average Bonchev–Trinajstić information content (AvgIpc) is 2.96. The van der Waals surface area contributed by atoms with Gasteiger partial charge in [0, 0.05) is 45.7 Å². The van der Waals surface area contributed by atoms with Crippen LogP contribution in [0.25, 0.3) is 0 Å². The van der Waals surface area contributed by atoms with Gasteiger partial charge in [-0.3, -0.25) is 0 Å². The Morgan fingerprint density at radius 2 is 1.91 bits per heavy atom. The van der Waals surface area contributed by atoms with Crippen molar-refractivity contribution in [1.82, 2.24) is 4.90 Å². The number of carbonyl (C=O) groups is 1. The topological polar surface area (TPSA) is 54.0 Å². The quantitative estimate of drug-likeness (QED) is 0.900. The number of nitrogens with zero attached hydrogens (tertiary/aromatic N) is 2. The Labute approximate surface area is 141 Å². The van der Waals surface area contributed by atoms with Crippen LogP contribution in [0.4, 0.5) is 16.2 Å². The van der Waals surface area contributed by atoms with E-state index in [1.165, 1.54) is 0 Å². The highest BCUT2D eigenvalue weighted by atomic mass is 35.5. The number of anilines is 2. The first kappa shape index (κ1) is 16.4. The van der Waals surface area contributed by atoms with E-state index in [1.807, 2.05) is 31.1 Å². The second-order valence-electron chi connectivity index (χ2n) is 6.09. The van der Waals surface area contributed by atoms with E-state index in [0.717, 1.165) is 5.69 Å². The zero-order valence-electron chi connectivity index (χ0n) is 13.5. The van der Waals surface area contributed by atoms with E-state index in [-0.39, 0.29) is 6.03 Å². The van der Waals surface area contributed by atoms with Crippen molar-refractivity contribution in [1.29, 1.82) is 0 Å². The van der Waals surface area contributed by atoms with Crippen molar-refractivity contribution in [2.45, 2.75) is 18.6 Å². The smallest absolute Gasteiger partial charge is 0.321 e. The van der Waals surface area contributed by atoms with Crippen LogP contribution >= 0.6 is 11.6 Å². The predicted molar refractivity (Wildman–Crippen MR) is 90.2 cm³/mol. The number of ether oxygens (including phenoxy) is 2. The van der Waals surface area contributed by atoms with Crippen LogP contribution < -0.4 is 10.2 Å². The third-order valence-corrected chi connectivity index (χ3v) is 4.61. The van der Waals surface area contributed by atoms with Crippen LogP contribution in [-0.2, 0) is 9.47 Å². The first-order valence-electron chi connectivity index (χ1n) is 7.80. The molecular formula is C16H22ClN3O3. The first-order chi connectivity index (χ1) is 11.0. The third-order valence-electron chi connectivity index (χ3n) is 4.31. The molecule has 126 valence electrons. The van der Waals surface area contributed by atoms with Crippen LogP contribution in [0, 0.1) is 0 Å². The molecule has 7 heteroatoms. The van der Waals surface area contributed by atoms with E-state index < -0.39 is 5.79 Å². The Morgan fingerprint density at radius 1 is 1.26 bits per heavy atom. The number of rotatable bonds is 2. The fourth-order valence-electron chi connectivity index (χ4n) is 2.99. The van der Waals surface area contributed by atoms with Crippen molar-refractivity contribution < 1.29 is 14.3 Å². The van der Waals surface area contributed by atoms with Gasteiger partial charge in [-0.2, -0.15) is 0 Å². The van der Waals surface area contributed by atoms with E-state index in [1.54, 1.807) is 11.0 Å². The molecule has 6 nitrogen and oxygen atoms in total. The Bertz CT molecular complexity index is 578. The van der Waals surface area contributed by atoms with E-state index in [2.05, 4.69) is 5.32 Å². The SMILES string of the molecule is CN(C)c1ccc(NC(=O)N2CCC3(CC2)OCCO3)cc1Cl. The van der Waals surface area contributed by atoms with Gasteiger partial charge < -0.3 is 24.6 Å². The molecule has 0 bridgehead atoms. The molecule has 0 atom stereocenters. The summed E-state index contributed by atoms with van der Waals surface area (Å²) in [6.45, 7) is 2.52. The van der Waals surface area contributed by atoms with Crippen molar-refractivity contribution in [3.63, 3.8) is 0 Å². The lowest BCUT2D eigenvalue weighted by Crippen LogP contribution is -2.48. The number of nitrogens with one attached hydrogen (secondary N) is 1. The van der Waals surface area contributed by atoms with E-state index >= 15 is 0 Å². The lowest BCUT2D eigenvalue weighted by Gasteiger charge is -2.37. The zero-order chi connectivity index (χ0) is 16.4. The van der Waals surface area contributed by atoms with Gasteiger partial charge in [0.15, 0.2) is 5.79 Å². The maximum atomic E-state index is 12.4. The highest BCUT2D eigenvalue weighted by molar-refractivity contribution is 6.33. The number of likely N-dealkylation sites (tertiary alicyclic amines) is 1. The van der Waals surface area contributed by atoms with Gasteiger partial charge in [0.2, 0.25) is 0 Å². The van der Waals surface area contributed by atoms with Gasteiger partial charge in [0.1, 0.15) is 0 Å². The average molecular weight is 340 g/mol. The van der Waals surface area contributed by atoms with Crippen LogP contribution in [0.5, 0.6) is 0 Å². The zero-order valence-corrected chi connectivity index (χ0v) is 14.2. The van der Waals surface area contributed by atoms with Crippen LogP contribution in [0.15, 0.2) is 18.2 Å². The molecule has 1 aromatic rings. The standard InChI is InChI=1S/C16H22ClN3O3/c1-19(2)14-4-3-12(11-13(14)17)18-15(21)20-7-5-16(6-8-20)22-9-10-23-16/h3-4,11H,5-10H2,1-2H3,(H,18,21). The molecule has 0 radical (unpaired) electrons. The van der Waals surface area contributed by atoms with Gasteiger partial charge in [-0.05, 0) is 18.2 Å². The largest absolute Gasteiger partial charge is 0.376 e. The molecule has 0 saturated carbocycles. The van der Waals surface area contributed by atoms with Gasteiger partial charge in [0.05, 0.1) is 23.9 Å². The lowest BCUT2D eigenvalue weighted by atomic mass is 10.0. The predicted octanol–water partition coefficient (Wildman–Crippen LogP) is 2.78. The summed E-state index contributed by atoms with van der Waals surface area (Å²) in [6.07, 6.45) is 1.42. The summed E-state index contributed by atoms with van der Waals surface area (Å²) in [5, 5.41) is 3.51. The molecule has 3 rings (SSSR count).